The van der Waals surface area contributed by atoms with E-state index in [0.717, 1.165) is 45.6 Å². The number of para-hydroxylation sites is 1. The van der Waals surface area contributed by atoms with Gasteiger partial charge in [0.05, 0.1) is 6.10 Å². The lowest BCUT2D eigenvalue weighted by Gasteiger charge is -2.37. The number of hydrogen-bond acceptors (Lipinski definition) is 7. The zero-order valence-electron chi connectivity index (χ0n) is 18.8. The predicted octanol–water partition coefficient (Wildman–Crippen LogP) is 0.821. The van der Waals surface area contributed by atoms with Gasteiger partial charge in [-0.15, -0.1) is 5.10 Å². The highest BCUT2D eigenvalue weighted by Crippen LogP contribution is 2.23. The molecule has 4 heterocycles. The molecule has 0 radical (unpaired) electrons. The standard InChI is InChI=1S/C23H29N7O3/c1-17-5-2-3-7-19(17)27-10-12-28(13-11-27)21-22-26-30(23(32)29(22)9-8-24-21)16-20(31)25-15-18-6-4-14-33-18/h2-3,5,7-9,18H,4,6,10-16H2,1H3,(H,25,31)/t18-/m1/s1. The first-order chi connectivity index (χ1) is 16.1. The zero-order chi connectivity index (χ0) is 22.8. The van der Waals surface area contributed by atoms with Gasteiger partial charge >= 0.3 is 5.69 Å². The Hall–Kier alpha value is -3.40. The van der Waals surface area contributed by atoms with Gasteiger partial charge in [-0.3, -0.25) is 4.79 Å². The summed E-state index contributed by atoms with van der Waals surface area (Å²) in [5, 5.41) is 7.30. The van der Waals surface area contributed by atoms with Crippen LogP contribution in [0, 0.1) is 6.92 Å². The maximum absolute atomic E-state index is 12.8. The quantitative estimate of drug-likeness (QED) is 0.593. The van der Waals surface area contributed by atoms with E-state index in [1.54, 1.807) is 12.4 Å². The smallest absolute Gasteiger partial charge is 0.350 e. The van der Waals surface area contributed by atoms with Crippen LogP contribution in [0.3, 0.4) is 0 Å². The number of ether oxygens (including phenoxy) is 1. The molecule has 33 heavy (non-hydrogen) atoms. The Morgan fingerprint density at radius 2 is 1.97 bits per heavy atom. The molecule has 174 valence electrons. The number of piperazine rings is 1. The minimum atomic E-state index is -0.348. The molecule has 10 heteroatoms. The van der Waals surface area contributed by atoms with Crippen molar-refractivity contribution in [3.05, 3.63) is 52.7 Å². The minimum Gasteiger partial charge on any atom is -0.376 e. The molecule has 1 N–H and O–H groups in total. The average Bonchev–Trinajstić information content (AvgIpc) is 3.47. The number of anilines is 2. The Morgan fingerprint density at radius 1 is 1.18 bits per heavy atom. The largest absolute Gasteiger partial charge is 0.376 e. The van der Waals surface area contributed by atoms with Gasteiger partial charge in [0.25, 0.3) is 0 Å². The molecular formula is C23H29N7O3. The summed E-state index contributed by atoms with van der Waals surface area (Å²) in [6, 6.07) is 8.39. The third-order valence-electron chi connectivity index (χ3n) is 6.36. The summed E-state index contributed by atoms with van der Waals surface area (Å²) in [4.78, 5) is 34.3. The third-order valence-corrected chi connectivity index (χ3v) is 6.36. The van der Waals surface area contributed by atoms with Gasteiger partial charge in [0.15, 0.2) is 5.82 Å². The first kappa shape index (κ1) is 21.4. The number of aryl methyl sites for hydroxylation is 1. The first-order valence-electron chi connectivity index (χ1n) is 11.5. The van der Waals surface area contributed by atoms with Gasteiger partial charge in [0.2, 0.25) is 11.6 Å². The maximum Gasteiger partial charge on any atom is 0.350 e. The number of rotatable bonds is 6. The van der Waals surface area contributed by atoms with Crippen LogP contribution in [-0.2, 0) is 16.1 Å². The van der Waals surface area contributed by atoms with E-state index in [2.05, 4.69) is 56.4 Å². The molecule has 2 aliphatic rings. The number of carbonyl (C=O) groups is 1. The molecule has 0 saturated carbocycles. The van der Waals surface area contributed by atoms with Gasteiger partial charge in [-0.1, -0.05) is 18.2 Å². The van der Waals surface area contributed by atoms with Crippen molar-refractivity contribution in [2.75, 3.05) is 49.1 Å². The van der Waals surface area contributed by atoms with Crippen LogP contribution in [0.4, 0.5) is 11.5 Å². The van der Waals surface area contributed by atoms with Crippen molar-refractivity contribution >= 4 is 23.1 Å². The van der Waals surface area contributed by atoms with Crippen molar-refractivity contribution in [1.29, 1.82) is 0 Å². The Kier molecular flexibility index (Phi) is 5.99. The van der Waals surface area contributed by atoms with Gasteiger partial charge in [0.1, 0.15) is 6.54 Å². The third kappa shape index (κ3) is 4.43. The monoisotopic (exact) mass is 451 g/mol. The second-order valence-electron chi connectivity index (χ2n) is 8.58. The van der Waals surface area contributed by atoms with E-state index in [-0.39, 0.29) is 24.2 Å². The van der Waals surface area contributed by atoms with Crippen LogP contribution in [0.15, 0.2) is 41.5 Å². The number of nitrogens with zero attached hydrogens (tertiary/aromatic N) is 6. The van der Waals surface area contributed by atoms with Crippen LogP contribution in [0.2, 0.25) is 0 Å². The number of amides is 1. The Labute approximate surface area is 191 Å². The van der Waals surface area contributed by atoms with E-state index in [1.165, 1.54) is 20.3 Å². The number of fused-ring (bicyclic) bond motifs is 1. The van der Waals surface area contributed by atoms with Gasteiger partial charge in [-0.25, -0.2) is 18.9 Å². The van der Waals surface area contributed by atoms with E-state index in [1.807, 2.05) is 0 Å². The van der Waals surface area contributed by atoms with E-state index < -0.39 is 0 Å². The van der Waals surface area contributed by atoms with Crippen LogP contribution >= 0.6 is 0 Å². The zero-order valence-corrected chi connectivity index (χ0v) is 18.8. The molecule has 2 aliphatic heterocycles. The lowest BCUT2D eigenvalue weighted by molar-refractivity contribution is -0.122. The maximum atomic E-state index is 12.8. The Morgan fingerprint density at radius 3 is 2.73 bits per heavy atom. The molecule has 1 atom stereocenters. The van der Waals surface area contributed by atoms with Crippen LogP contribution < -0.4 is 20.8 Å². The molecule has 0 aliphatic carbocycles. The minimum absolute atomic E-state index is 0.0564. The van der Waals surface area contributed by atoms with E-state index >= 15 is 0 Å². The van der Waals surface area contributed by atoms with Gasteiger partial charge in [-0.05, 0) is 31.4 Å². The predicted molar refractivity (Wildman–Crippen MR) is 125 cm³/mol. The van der Waals surface area contributed by atoms with Crippen molar-refractivity contribution in [1.82, 2.24) is 24.5 Å². The van der Waals surface area contributed by atoms with E-state index in [0.29, 0.717) is 18.0 Å². The lowest BCUT2D eigenvalue weighted by Crippen LogP contribution is -2.47. The molecule has 1 aromatic carbocycles. The SMILES string of the molecule is Cc1ccccc1N1CCN(c2nccn3c(=O)n(CC(=O)NC[C@H]4CCCO4)nc23)CC1. The molecule has 2 saturated heterocycles. The highest BCUT2D eigenvalue weighted by molar-refractivity contribution is 5.75. The average molecular weight is 452 g/mol. The second-order valence-corrected chi connectivity index (χ2v) is 8.58. The van der Waals surface area contributed by atoms with Crippen molar-refractivity contribution in [2.45, 2.75) is 32.4 Å². The first-order valence-corrected chi connectivity index (χ1v) is 11.5. The van der Waals surface area contributed by atoms with Crippen molar-refractivity contribution in [2.24, 2.45) is 0 Å². The normalized spacial score (nSPS) is 18.8. The van der Waals surface area contributed by atoms with Crippen molar-refractivity contribution in [3.8, 4) is 0 Å². The number of hydrogen-bond donors (Lipinski definition) is 1. The molecule has 3 aromatic rings. The number of benzene rings is 1. The highest BCUT2D eigenvalue weighted by atomic mass is 16.5. The Balaban J connectivity index is 1.29. The topological polar surface area (TPSA) is 97.0 Å². The second kappa shape index (κ2) is 9.22. The summed E-state index contributed by atoms with van der Waals surface area (Å²) < 4.78 is 8.20. The number of nitrogens with one attached hydrogen (secondary N) is 1. The molecule has 2 aromatic heterocycles. The molecule has 5 rings (SSSR count). The summed E-state index contributed by atoms with van der Waals surface area (Å²) in [6.45, 7) is 6.43. The molecule has 0 unspecified atom stereocenters. The molecular weight excluding hydrogens is 422 g/mol. The lowest BCUT2D eigenvalue weighted by atomic mass is 10.1. The van der Waals surface area contributed by atoms with Crippen LogP contribution in [-0.4, -0.2) is 70.5 Å². The molecule has 1 amide bonds. The van der Waals surface area contributed by atoms with E-state index in [4.69, 9.17) is 4.74 Å². The van der Waals surface area contributed by atoms with Gasteiger partial charge in [-0.2, -0.15) is 0 Å². The molecule has 2 fully saturated rings. The van der Waals surface area contributed by atoms with Crippen LogP contribution in [0.5, 0.6) is 0 Å². The summed E-state index contributed by atoms with van der Waals surface area (Å²) in [5.41, 5.74) is 2.63. The molecule has 0 spiro atoms. The van der Waals surface area contributed by atoms with Crippen molar-refractivity contribution < 1.29 is 9.53 Å². The molecule has 0 bridgehead atoms. The van der Waals surface area contributed by atoms with Gasteiger partial charge < -0.3 is 19.9 Å². The number of carbonyl (C=O) groups excluding carboxylic acids is 1. The Bertz CT molecular complexity index is 1190. The fraction of sp³-hybridized carbons (Fsp3) is 0.478. The summed E-state index contributed by atoms with van der Waals surface area (Å²) in [5.74, 6) is 0.412. The fourth-order valence-electron chi connectivity index (χ4n) is 4.56. The summed E-state index contributed by atoms with van der Waals surface area (Å²) >= 11 is 0. The van der Waals surface area contributed by atoms with Crippen molar-refractivity contribution in [3.63, 3.8) is 0 Å². The summed E-state index contributed by atoms with van der Waals surface area (Å²) in [6.07, 6.45) is 5.22. The molecule has 10 nitrogen and oxygen atoms in total. The number of aromatic nitrogens is 4. The summed E-state index contributed by atoms with van der Waals surface area (Å²) in [7, 11) is 0. The van der Waals surface area contributed by atoms with E-state index in [9.17, 15) is 9.59 Å². The van der Waals surface area contributed by atoms with Gasteiger partial charge in [0, 0.05) is 57.4 Å². The van der Waals surface area contributed by atoms with Crippen LogP contribution in [0.1, 0.15) is 18.4 Å². The fourth-order valence-corrected chi connectivity index (χ4v) is 4.56. The highest BCUT2D eigenvalue weighted by Gasteiger charge is 2.23. The van der Waals surface area contributed by atoms with Crippen LogP contribution in [0.25, 0.3) is 5.65 Å².